The lowest BCUT2D eigenvalue weighted by atomic mass is 10.0. The largest absolute Gasteiger partial charge is 0.349 e. The molecule has 0 aliphatic carbocycles. The predicted molar refractivity (Wildman–Crippen MR) is 118 cm³/mol. The van der Waals surface area contributed by atoms with E-state index in [1.54, 1.807) is 17.9 Å². The zero-order valence-electron chi connectivity index (χ0n) is 17.6. The van der Waals surface area contributed by atoms with Crippen LogP contribution in [0, 0.1) is 17.7 Å². The highest BCUT2D eigenvalue weighted by Gasteiger charge is 2.42. The van der Waals surface area contributed by atoms with Gasteiger partial charge < -0.3 is 15.1 Å². The Bertz CT molecular complexity index is 921. The van der Waals surface area contributed by atoms with Crippen LogP contribution in [-0.4, -0.2) is 54.3 Å². The average molecular weight is 444 g/mol. The van der Waals surface area contributed by atoms with E-state index in [4.69, 9.17) is 11.6 Å². The lowest BCUT2D eigenvalue weighted by molar-refractivity contribution is -0.119. The number of amides is 2. The number of nitrogens with one attached hydrogen (secondary N) is 1. The van der Waals surface area contributed by atoms with Gasteiger partial charge in [0.1, 0.15) is 5.82 Å². The molecule has 2 aliphatic heterocycles. The SMILES string of the molecule is CC(=O)NC(CCN1CC2CN(C(=O)c3c(F)cccc3Cl)CC2C1)c1ccccc1. The Balaban J connectivity index is 1.33. The van der Waals surface area contributed by atoms with Gasteiger partial charge in [0.05, 0.1) is 16.6 Å². The van der Waals surface area contributed by atoms with Crippen molar-refractivity contribution in [2.24, 2.45) is 11.8 Å². The van der Waals surface area contributed by atoms with E-state index in [-0.39, 0.29) is 28.4 Å². The minimum atomic E-state index is -0.568. The molecule has 3 unspecified atom stereocenters. The summed E-state index contributed by atoms with van der Waals surface area (Å²) in [6.45, 7) is 5.47. The molecule has 2 fully saturated rings. The number of hydrogen-bond donors (Lipinski definition) is 1. The summed E-state index contributed by atoms with van der Waals surface area (Å²) in [5, 5.41) is 3.22. The molecule has 2 saturated heterocycles. The number of hydrogen-bond acceptors (Lipinski definition) is 3. The fraction of sp³-hybridized carbons (Fsp3) is 0.417. The molecule has 0 bridgehead atoms. The van der Waals surface area contributed by atoms with Crippen LogP contribution in [0.3, 0.4) is 0 Å². The minimum absolute atomic E-state index is 0.0135. The summed E-state index contributed by atoms with van der Waals surface area (Å²) in [4.78, 5) is 28.6. The predicted octanol–water partition coefficient (Wildman–Crippen LogP) is 3.75. The van der Waals surface area contributed by atoms with Gasteiger partial charge in [0.15, 0.2) is 0 Å². The van der Waals surface area contributed by atoms with Gasteiger partial charge in [-0.25, -0.2) is 4.39 Å². The summed E-state index contributed by atoms with van der Waals surface area (Å²) in [7, 11) is 0. The molecule has 2 heterocycles. The molecule has 4 rings (SSSR count). The van der Waals surface area contributed by atoms with Crippen LogP contribution in [0.5, 0.6) is 0 Å². The molecule has 2 amide bonds. The molecule has 5 nitrogen and oxygen atoms in total. The van der Waals surface area contributed by atoms with Crippen LogP contribution in [0.1, 0.15) is 35.3 Å². The minimum Gasteiger partial charge on any atom is -0.349 e. The normalized spacial score (nSPS) is 21.7. The number of benzene rings is 2. The van der Waals surface area contributed by atoms with Gasteiger partial charge in [-0.2, -0.15) is 0 Å². The molecule has 7 heteroatoms. The fourth-order valence-electron chi connectivity index (χ4n) is 4.86. The Kier molecular flexibility index (Phi) is 6.58. The van der Waals surface area contributed by atoms with Gasteiger partial charge in [-0.15, -0.1) is 0 Å². The summed E-state index contributed by atoms with van der Waals surface area (Å²) in [5.41, 5.74) is 1.08. The molecule has 0 radical (unpaired) electrons. The molecule has 2 aromatic rings. The molecule has 164 valence electrons. The third kappa shape index (κ3) is 4.91. The first-order valence-corrected chi connectivity index (χ1v) is 11.1. The molecule has 2 aliphatic rings. The van der Waals surface area contributed by atoms with Gasteiger partial charge in [0.2, 0.25) is 5.91 Å². The van der Waals surface area contributed by atoms with E-state index >= 15 is 0 Å². The van der Waals surface area contributed by atoms with E-state index < -0.39 is 5.82 Å². The smallest absolute Gasteiger partial charge is 0.258 e. The number of fused-ring (bicyclic) bond motifs is 1. The molecule has 0 saturated carbocycles. The standard InChI is InChI=1S/C24H27ClFN3O2/c1-16(30)27-22(17-6-3-2-4-7-17)10-11-28-12-18-14-29(15-19(18)13-28)24(31)23-20(25)8-5-9-21(23)26/h2-9,18-19,22H,10-15H2,1H3,(H,27,30). The van der Waals surface area contributed by atoms with Gasteiger partial charge in [-0.05, 0) is 36.0 Å². The summed E-state index contributed by atoms with van der Waals surface area (Å²) in [5.74, 6) is -0.163. The highest BCUT2D eigenvalue weighted by molar-refractivity contribution is 6.33. The maximum absolute atomic E-state index is 14.1. The van der Waals surface area contributed by atoms with Crippen molar-refractivity contribution in [3.05, 3.63) is 70.5 Å². The van der Waals surface area contributed by atoms with Crippen LogP contribution in [-0.2, 0) is 4.79 Å². The quantitative estimate of drug-likeness (QED) is 0.739. The zero-order chi connectivity index (χ0) is 22.0. The van der Waals surface area contributed by atoms with Crippen molar-refractivity contribution >= 4 is 23.4 Å². The first-order valence-electron chi connectivity index (χ1n) is 10.7. The van der Waals surface area contributed by atoms with Crippen molar-refractivity contribution in [3.63, 3.8) is 0 Å². The number of rotatable bonds is 6. The van der Waals surface area contributed by atoms with Gasteiger partial charge in [-0.3, -0.25) is 9.59 Å². The van der Waals surface area contributed by atoms with E-state index in [9.17, 15) is 14.0 Å². The van der Waals surface area contributed by atoms with Gasteiger partial charge in [0.25, 0.3) is 5.91 Å². The second kappa shape index (κ2) is 9.37. The fourth-order valence-corrected chi connectivity index (χ4v) is 5.11. The molecular formula is C24H27ClFN3O2. The van der Waals surface area contributed by atoms with Crippen molar-refractivity contribution in [1.82, 2.24) is 15.1 Å². The third-order valence-corrected chi connectivity index (χ3v) is 6.65. The Morgan fingerprint density at radius 3 is 2.35 bits per heavy atom. The zero-order valence-corrected chi connectivity index (χ0v) is 18.3. The molecule has 2 aromatic carbocycles. The Morgan fingerprint density at radius 2 is 1.74 bits per heavy atom. The Labute approximate surface area is 187 Å². The second-order valence-corrected chi connectivity index (χ2v) is 8.95. The van der Waals surface area contributed by atoms with E-state index in [0.29, 0.717) is 24.9 Å². The number of carbonyl (C=O) groups is 2. The highest BCUT2D eigenvalue weighted by atomic mass is 35.5. The Morgan fingerprint density at radius 1 is 1.06 bits per heavy atom. The van der Waals surface area contributed by atoms with E-state index in [1.807, 2.05) is 30.3 Å². The summed E-state index contributed by atoms with van der Waals surface area (Å²) in [6, 6.07) is 14.3. The van der Waals surface area contributed by atoms with Crippen molar-refractivity contribution < 1.29 is 14.0 Å². The van der Waals surface area contributed by atoms with Crippen LogP contribution in [0.25, 0.3) is 0 Å². The Hall–Kier alpha value is -2.44. The second-order valence-electron chi connectivity index (χ2n) is 8.54. The molecule has 3 atom stereocenters. The third-order valence-electron chi connectivity index (χ3n) is 6.34. The number of likely N-dealkylation sites (tertiary alicyclic amines) is 2. The van der Waals surface area contributed by atoms with Crippen molar-refractivity contribution in [1.29, 1.82) is 0 Å². The van der Waals surface area contributed by atoms with Crippen molar-refractivity contribution in [3.8, 4) is 0 Å². The molecule has 0 aromatic heterocycles. The van der Waals surface area contributed by atoms with Crippen molar-refractivity contribution in [2.45, 2.75) is 19.4 Å². The van der Waals surface area contributed by atoms with Crippen LogP contribution in [0.2, 0.25) is 5.02 Å². The highest BCUT2D eigenvalue weighted by Crippen LogP contribution is 2.33. The maximum atomic E-state index is 14.1. The molecule has 1 N–H and O–H groups in total. The van der Waals surface area contributed by atoms with Crippen LogP contribution >= 0.6 is 11.6 Å². The van der Waals surface area contributed by atoms with Crippen LogP contribution in [0.4, 0.5) is 4.39 Å². The average Bonchev–Trinajstić information content (AvgIpc) is 3.30. The topological polar surface area (TPSA) is 52.7 Å². The van der Waals surface area contributed by atoms with E-state index in [2.05, 4.69) is 10.2 Å². The summed E-state index contributed by atoms with van der Waals surface area (Å²) >= 11 is 6.08. The van der Waals surface area contributed by atoms with Gasteiger partial charge >= 0.3 is 0 Å². The molecular weight excluding hydrogens is 417 g/mol. The lowest BCUT2D eigenvalue weighted by Crippen LogP contribution is -2.35. The first-order chi connectivity index (χ1) is 14.9. The number of carbonyl (C=O) groups excluding carboxylic acids is 2. The van der Waals surface area contributed by atoms with Gasteiger partial charge in [0, 0.05) is 39.6 Å². The van der Waals surface area contributed by atoms with Crippen LogP contribution < -0.4 is 5.32 Å². The van der Waals surface area contributed by atoms with Gasteiger partial charge in [-0.1, -0.05) is 48.0 Å². The molecule has 0 spiro atoms. The monoisotopic (exact) mass is 443 g/mol. The van der Waals surface area contributed by atoms with E-state index in [1.165, 1.54) is 12.1 Å². The van der Waals surface area contributed by atoms with Crippen LogP contribution in [0.15, 0.2) is 48.5 Å². The lowest BCUT2D eigenvalue weighted by Gasteiger charge is -2.24. The summed E-state index contributed by atoms with van der Waals surface area (Å²) in [6.07, 6.45) is 0.830. The first kappa shape index (κ1) is 21.8. The molecule has 31 heavy (non-hydrogen) atoms. The van der Waals surface area contributed by atoms with E-state index in [0.717, 1.165) is 31.6 Å². The van der Waals surface area contributed by atoms with Crippen molar-refractivity contribution in [2.75, 3.05) is 32.7 Å². The number of halogens is 2. The summed E-state index contributed by atoms with van der Waals surface area (Å²) < 4.78 is 14.1. The maximum Gasteiger partial charge on any atom is 0.258 e. The number of nitrogens with zero attached hydrogens (tertiary/aromatic N) is 2.